The molecule has 1 saturated carbocycles. The first kappa shape index (κ1) is 15.2. The van der Waals surface area contributed by atoms with Gasteiger partial charge in [0.2, 0.25) is 10.0 Å². The second kappa shape index (κ2) is 5.31. The third kappa shape index (κ3) is 3.29. The molecule has 0 radical (unpaired) electrons. The van der Waals surface area contributed by atoms with Gasteiger partial charge < -0.3 is 10.4 Å². The Morgan fingerprint density at radius 2 is 2.11 bits per heavy atom. The standard InChI is InChI=1S/C13H26N2O3S/c1-13(2)11(7-12(13)16)14-8-10-5-4-6-15(9-10)19(3,17)18/h10-12,14,16H,4-9H2,1-3H3. The number of hydrogen-bond acceptors (Lipinski definition) is 4. The Morgan fingerprint density at radius 3 is 2.63 bits per heavy atom. The molecule has 1 aliphatic carbocycles. The smallest absolute Gasteiger partial charge is 0.211 e. The molecule has 2 rings (SSSR count). The van der Waals surface area contributed by atoms with Gasteiger partial charge >= 0.3 is 0 Å². The maximum atomic E-state index is 11.6. The number of piperidine rings is 1. The molecule has 3 atom stereocenters. The van der Waals surface area contributed by atoms with E-state index in [0.717, 1.165) is 25.8 Å². The number of aliphatic hydroxyl groups excluding tert-OH is 1. The molecular formula is C13H26N2O3S. The van der Waals surface area contributed by atoms with Gasteiger partial charge in [0.25, 0.3) is 0 Å². The molecule has 0 amide bonds. The van der Waals surface area contributed by atoms with E-state index in [4.69, 9.17) is 0 Å². The highest BCUT2D eigenvalue weighted by atomic mass is 32.2. The van der Waals surface area contributed by atoms with Gasteiger partial charge in [0, 0.05) is 24.5 Å². The van der Waals surface area contributed by atoms with Crippen LogP contribution in [-0.4, -0.2) is 55.9 Å². The average molecular weight is 290 g/mol. The molecule has 1 heterocycles. The van der Waals surface area contributed by atoms with Crippen LogP contribution >= 0.6 is 0 Å². The molecule has 0 bridgehead atoms. The summed E-state index contributed by atoms with van der Waals surface area (Å²) in [5.41, 5.74) is -0.0643. The fraction of sp³-hybridized carbons (Fsp3) is 1.00. The van der Waals surface area contributed by atoms with Crippen molar-refractivity contribution in [1.82, 2.24) is 9.62 Å². The molecule has 2 fully saturated rings. The van der Waals surface area contributed by atoms with Gasteiger partial charge in [-0.25, -0.2) is 12.7 Å². The highest BCUT2D eigenvalue weighted by molar-refractivity contribution is 7.88. The van der Waals surface area contributed by atoms with Crippen LogP contribution in [0.25, 0.3) is 0 Å². The Hall–Kier alpha value is -0.170. The second-order valence-corrected chi connectivity index (χ2v) is 8.65. The van der Waals surface area contributed by atoms with E-state index in [0.29, 0.717) is 25.0 Å². The van der Waals surface area contributed by atoms with Crippen LogP contribution < -0.4 is 5.32 Å². The predicted octanol–water partition coefficient (Wildman–Crippen LogP) is 0.407. The number of hydrogen-bond donors (Lipinski definition) is 2. The fourth-order valence-electron chi connectivity index (χ4n) is 3.05. The summed E-state index contributed by atoms with van der Waals surface area (Å²) in [6.45, 7) is 6.27. The SMILES string of the molecule is CC1(C)C(O)CC1NCC1CCCN(S(C)(=O)=O)C1. The van der Waals surface area contributed by atoms with Gasteiger partial charge in [-0.2, -0.15) is 0 Å². The monoisotopic (exact) mass is 290 g/mol. The van der Waals surface area contributed by atoms with Crippen LogP contribution in [-0.2, 0) is 10.0 Å². The highest BCUT2D eigenvalue weighted by Crippen LogP contribution is 2.40. The van der Waals surface area contributed by atoms with Crippen LogP contribution in [0, 0.1) is 11.3 Å². The maximum Gasteiger partial charge on any atom is 0.211 e. The van der Waals surface area contributed by atoms with Gasteiger partial charge in [-0.3, -0.25) is 0 Å². The average Bonchev–Trinajstić information content (AvgIpc) is 2.33. The van der Waals surface area contributed by atoms with Crippen molar-refractivity contribution in [2.45, 2.75) is 45.3 Å². The largest absolute Gasteiger partial charge is 0.392 e. The quantitative estimate of drug-likeness (QED) is 0.787. The van der Waals surface area contributed by atoms with E-state index < -0.39 is 10.0 Å². The van der Waals surface area contributed by atoms with Crippen molar-refractivity contribution in [3.8, 4) is 0 Å². The van der Waals surface area contributed by atoms with Crippen LogP contribution in [0.3, 0.4) is 0 Å². The Bertz CT molecular complexity index is 422. The van der Waals surface area contributed by atoms with Crippen LogP contribution in [0.2, 0.25) is 0 Å². The molecule has 3 unspecified atom stereocenters. The second-order valence-electron chi connectivity index (χ2n) is 6.66. The Balaban J connectivity index is 1.81. The summed E-state index contributed by atoms with van der Waals surface area (Å²) in [5.74, 6) is 0.386. The van der Waals surface area contributed by atoms with Crippen LogP contribution in [0.5, 0.6) is 0 Å². The van der Waals surface area contributed by atoms with E-state index in [-0.39, 0.29) is 11.5 Å². The molecule has 1 aliphatic heterocycles. The molecule has 0 aromatic carbocycles. The third-order valence-electron chi connectivity index (χ3n) is 4.82. The molecule has 19 heavy (non-hydrogen) atoms. The lowest BCUT2D eigenvalue weighted by Gasteiger charge is -2.50. The maximum absolute atomic E-state index is 11.6. The first-order valence-corrected chi connectivity index (χ1v) is 8.92. The molecule has 0 aromatic heterocycles. The van der Waals surface area contributed by atoms with Crippen LogP contribution in [0.1, 0.15) is 33.1 Å². The van der Waals surface area contributed by atoms with Crippen molar-refractivity contribution < 1.29 is 13.5 Å². The van der Waals surface area contributed by atoms with Crippen molar-refractivity contribution in [2.75, 3.05) is 25.9 Å². The zero-order valence-corrected chi connectivity index (χ0v) is 12.9. The molecular weight excluding hydrogens is 264 g/mol. The van der Waals surface area contributed by atoms with E-state index >= 15 is 0 Å². The van der Waals surface area contributed by atoms with Gasteiger partial charge in [-0.05, 0) is 31.7 Å². The number of nitrogens with one attached hydrogen (secondary N) is 1. The minimum atomic E-state index is -3.05. The summed E-state index contributed by atoms with van der Waals surface area (Å²) in [7, 11) is -3.05. The molecule has 0 aromatic rings. The predicted molar refractivity (Wildman–Crippen MR) is 75.3 cm³/mol. The van der Waals surface area contributed by atoms with E-state index in [1.54, 1.807) is 4.31 Å². The number of rotatable bonds is 4. The highest BCUT2D eigenvalue weighted by Gasteiger charge is 2.47. The van der Waals surface area contributed by atoms with Crippen LogP contribution in [0.15, 0.2) is 0 Å². The van der Waals surface area contributed by atoms with Gasteiger partial charge in [0.05, 0.1) is 12.4 Å². The zero-order valence-electron chi connectivity index (χ0n) is 12.1. The molecule has 112 valence electrons. The van der Waals surface area contributed by atoms with Crippen molar-refractivity contribution >= 4 is 10.0 Å². The first-order valence-electron chi connectivity index (χ1n) is 7.08. The van der Waals surface area contributed by atoms with Gasteiger partial charge in [-0.1, -0.05) is 13.8 Å². The molecule has 2 aliphatic rings. The fourth-order valence-corrected chi connectivity index (χ4v) is 3.99. The van der Waals surface area contributed by atoms with E-state index in [9.17, 15) is 13.5 Å². The Kier molecular flexibility index (Phi) is 4.26. The van der Waals surface area contributed by atoms with Crippen molar-refractivity contribution in [2.24, 2.45) is 11.3 Å². The summed E-state index contributed by atoms with van der Waals surface area (Å²) in [6.07, 6.45) is 3.89. The molecule has 2 N–H and O–H groups in total. The Morgan fingerprint density at radius 1 is 1.42 bits per heavy atom. The van der Waals surface area contributed by atoms with E-state index in [1.807, 2.05) is 0 Å². The zero-order chi connectivity index (χ0) is 14.3. The normalized spacial score (nSPS) is 35.9. The van der Waals surface area contributed by atoms with Crippen molar-refractivity contribution in [3.63, 3.8) is 0 Å². The molecule has 6 heteroatoms. The van der Waals surface area contributed by atoms with Crippen molar-refractivity contribution in [1.29, 1.82) is 0 Å². The number of aliphatic hydroxyl groups is 1. The van der Waals surface area contributed by atoms with Gasteiger partial charge in [-0.15, -0.1) is 0 Å². The minimum Gasteiger partial charge on any atom is -0.392 e. The summed E-state index contributed by atoms with van der Waals surface area (Å²) in [5, 5.41) is 13.2. The Labute approximate surface area is 116 Å². The third-order valence-corrected chi connectivity index (χ3v) is 6.09. The van der Waals surface area contributed by atoms with Gasteiger partial charge in [0.15, 0.2) is 0 Å². The molecule has 0 spiro atoms. The first-order chi connectivity index (χ1) is 8.71. The lowest BCUT2D eigenvalue weighted by Crippen LogP contribution is -2.61. The molecule has 1 saturated heterocycles. The lowest BCUT2D eigenvalue weighted by molar-refractivity contribution is -0.0736. The van der Waals surface area contributed by atoms with Crippen molar-refractivity contribution in [3.05, 3.63) is 0 Å². The summed E-state index contributed by atoms with van der Waals surface area (Å²) < 4.78 is 24.7. The number of sulfonamides is 1. The minimum absolute atomic E-state index is 0.0643. The topological polar surface area (TPSA) is 69.6 Å². The summed E-state index contributed by atoms with van der Waals surface area (Å²) >= 11 is 0. The lowest BCUT2D eigenvalue weighted by atomic mass is 9.64. The van der Waals surface area contributed by atoms with Crippen LogP contribution in [0.4, 0.5) is 0 Å². The summed E-state index contributed by atoms with van der Waals surface area (Å²) in [4.78, 5) is 0. The number of nitrogens with zero attached hydrogens (tertiary/aromatic N) is 1. The molecule has 5 nitrogen and oxygen atoms in total. The van der Waals surface area contributed by atoms with E-state index in [2.05, 4.69) is 19.2 Å². The van der Waals surface area contributed by atoms with E-state index in [1.165, 1.54) is 6.26 Å². The van der Waals surface area contributed by atoms with Gasteiger partial charge in [0.1, 0.15) is 0 Å². The summed E-state index contributed by atoms with van der Waals surface area (Å²) in [6, 6.07) is 0.344.